The Hall–Kier alpha value is -1.23. The van der Waals surface area contributed by atoms with Crippen molar-refractivity contribution in [3.63, 3.8) is 0 Å². The van der Waals surface area contributed by atoms with E-state index in [1.54, 1.807) is 6.20 Å². The van der Waals surface area contributed by atoms with Crippen LogP contribution < -0.4 is 0 Å². The van der Waals surface area contributed by atoms with E-state index in [1.165, 1.54) is 12.8 Å². The van der Waals surface area contributed by atoms with Crippen molar-refractivity contribution in [1.82, 2.24) is 15.2 Å². The summed E-state index contributed by atoms with van der Waals surface area (Å²) in [6.07, 6.45) is 6.32. The van der Waals surface area contributed by atoms with E-state index in [2.05, 4.69) is 38.0 Å². The number of nitrogens with zero attached hydrogens (tertiary/aromatic N) is 3. The molecule has 0 aliphatic carbocycles. The van der Waals surface area contributed by atoms with Crippen molar-refractivity contribution in [2.75, 3.05) is 0 Å². The fourth-order valence-corrected chi connectivity index (χ4v) is 2.16. The summed E-state index contributed by atoms with van der Waals surface area (Å²) < 4.78 is 5.63. The molecule has 0 bridgehead atoms. The minimum Gasteiger partial charge on any atom is -0.418 e. The molecule has 0 aliphatic rings. The van der Waals surface area contributed by atoms with Crippen LogP contribution >= 0.6 is 15.9 Å². The standard InChI is InChI=1S/C13H16BrN3O/c1-2-3-4-7-10(14)12-16-17-13(18-12)11-8-5-6-9-15-11/h5-6,8-10H,2-4,7H2,1H3. The molecule has 4 nitrogen and oxygen atoms in total. The van der Waals surface area contributed by atoms with Crippen molar-refractivity contribution in [1.29, 1.82) is 0 Å². The summed E-state index contributed by atoms with van der Waals surface area (Å²) in [4.78, 5) is 4.32. The lowest BCUT2D eigenvalue weighted by molar-refractivity contribution is 0.486. The summed E-state index contributed by atoms with van der Waals surface area (Å²) in [5.74, 6) is 1.11. The fraction of sp³-hybridized carbons (Fsp3) is 0.462. The lowest BCUT2D eigenvalue weighted by atomic mass is 10.1. The number of unbranched alkanes of at least 4 members (excludes halogenated alkanes) is 2. The molecule has 0 radical (unpaired) electrons. The van der Waals surface area contributed by atoms with Gasteiger partial charge < -0.3 is 4.42 Å². The molecule has 0 spiro atoms. The topological polar surface area (TPSA) is 51.8 Å². The van der Waals surface area contributed by atoms with Crippen molar-refractivity contribution in [2.24, 2.45) is 0 Å². The first kappa shape index (κ1) is 13.2. The SMILES string of the molecule is CCCCCC(Br)c1nnc(-c2ccccn2)o1. The highest BCUT2D eigenvalue weighted by molar-refractivity contribution is 9.09. The van der Waals surface area contributed by atoms with Crippen molar-refractivity contribution >= 4 is 15.9 Å². The molecule has 0 aliphatic heterocycles. The van der Waals surface area contributed by atoms with E-state index in [0.29, 0.717) is 17.5 Å². The highest BCUT2D eigenvalue weighted by Gasteiger charge is 2.16. The highest BCUT2D eigenvalue weighted by Crippen LogP contribution is 2.29. The zero-order valence-electron chi connectivity index (χ0n) is 10.3. The molecular weight excluding hydrogens is 294 g/mol. The monoisotopic (exact) mass is 309 g/mol. The first-order valence-electron chi connectivity index (χ1n) is 6.20. The van der Waals surface area contributed by atoms with Gasteiger partial charge in [-0.2, -0.15) is 0 Å². The van der Waals surface area contributed by atoms with Gasteiger partial charge in [-0.3, -0.25) is 4.98 Å². The van der Waals surface area contributed by atoms with E-state index in [0.717, 1.165) is 12.8 Å². The third-order valence-electron chi connectivity index (χ3n) is 2.65. The summed E-state index contributed by atoms with van der Waals surface area (Å²) in [7, 11) is 0. The van der Waals surface area contributed by atoms with Gasteiger partial charge in [-0.05, 0) is 18.6 Å². The summed E-state index contributed by atoms with van der Waals surface area (Å²) in [6.45, 7) is 2.19. The maximum atomic E-state index is 5.63. The largest absolute Gasteiger partial charge is 0.418 e. The van der Waals surface area contributed by atoms with E-state index in [-0.39, 0.29) is 4.83 Å². The number of rotatable bonds is 6. The molecule has 5 heteroatoms. The van der Waals surface area contributed by atoms with Crippen LogP contribution in [-0.4, -0.2) is 15.2 Å². The quantitative estimate of drug-likeness (QED) is 0.594. The molecule has 2 rings (SSSR count). The minimum absolute atomic E-state index is 0.133. The average Bonchev–Trinajstić information content (AvgIpc) is 2.89. The summed E-state index contributed by atoms with van der Waals surface area (Å²) in [6, 6.07) is 5.62. The molecule has 0 fully saturated rings. The first-order valence-corrected chi connectivity index (χ1v) is 7.11. The van der Waals surface area contributed by atoms with Gasteiger partial charge in [-0.15, -0.1) is 10.2 Å². The van der Waals surface area contributed by atoms with Crippen LogP contribution in [0.25, 0.3) is 11.6 Å². The zero-order chi connectivity index (χ0) is 12.8. The molecule has 96 valence electrons. The second-order valence-electron chi connectivity index (χ2n) is 4.12. The Kier molecular flexibility index (Phi) is 4.87. The Balaban J connectivity index is 2.02. The van der Waals surface area contributed by atoms with Gasteiger partial charge in [-0.1, -0.05) is 48.2 Å². The number of alkyl halides is 1. The lowest BCUT2D eigenvalue weighted by Gasteiger charge is -2.03. The van der Waals surface area contributed by atoms with Crippen LogP contribution in [0.2, 0.25) is 0 Å². The van der Waals surface area contributed by atoms with Crippen molar-refractivity contribution < 1.29 is 4.42 Å². The van der Waals surface area contributed by atoms with Gasteiger partial charge in [-0.25, -0.2) is 0 Å². The number of hydrogen-bond donors (Lipinski definition) is 0. The summed E-state index contributed by atoms with van der Waals surface area (Å²) >= 11 is 3.59. The highest BCUT2D eigenvalue weighted by atomic mass is 79.9. The molecular formula is C13H16BrN3O. The summed E-state index contributed by atoms with van der Waals surface area (Å²) in [5.41, 5.74) is 0.713. The Bertz CT molecular complexity index is 472. The van der Waals surface area contributed by atoms with Gasteiger partial charge in [0.1, 0.15) is 5.69 Å². The molecule has 1 unspecified atom stereocenters. The van der Waals surface area contributed by atoms with Crippen molar-refractivity contribution in [2.45, 2.75) is 37.4 Å². The molecule has 2 aromatic heterocycles. The van der Waals surface area contributed by atoms with Crippen LogP contribution in [0.15, 0.2) is 28.8 Å². The Labute approximate surface area is 115 Å². The number of halogens is 1. The van der Waals surface area contributed by atoms with Crippen LogP contribution in [0, 0.1) is 0 Å². The second-order valence-corrected chi connectivity index (χ2v) is 5.23. The van der Waals surface area contributed by atoms with Gasteiger partial charge in [0.2, 0.25) is 5.89 Å². The molecule has 0 saturated heterocycles. The van der Waals surface area contributed by atoms with E-state index in [4.69, 9.17) is 4.42 Å². The van der Waals surface area contributed by atoms with Crippen molar-refractivity contribution in [3.05, 3.63) is 30.3 Å². The van der Waals surface area contributed by atoms with Crippen LogP contribution in [0.5, 0.6) is 0 Å². The van der Waals surface area contributed by atoms with Crippen LogP contribution in [0.3, 0.4) is 0 Å². The molecule has 1 atom stereocenters. The smallest absolute Gasteiger partial charge is 0.266 e. The van der Waals surface area contributed by atoms with Gasteiger partial charge in [0, 0.05) is 6.20 Å². The predicted octanol–water partition coefficient (Wildman–Crippen LogP) is 4.15. The molecule has 0 aromatic carbocycles. The van der Waals surface area contributed by atoms with Gasteiger partial charge >= 0.3 is 0 Å². The third kappa shape index (κ3) is 3.38. The maximum absolute atomic E-state index is 5.63. The van der Waals surface area contributed by atoms with E-state index >= 15 is 0 Å². The average molecular weight is 310 g/mol. The van der Waals surface area contributed by atoms with E-state index < -0.39 is 0 Å². The number of aromatic nitrogens is 3. The molecule has 2 heterocycles. The molecule has 18 heavy (non-hydrogen) atoms. The first-order chi connectivity index (χ1) is 8.81. The van der Waals surface area contributed by atoms with E-state index in [9.17, 15) is 0 Å². The minimum atomic E-state index is 0.133. The summed E-state index contributed by atoms with van der Waals surface area (Å²) in [5, 5.41) is 8.09. The van der Waals surface area contributed by atoms with Gasteiger partial charge in [0.25, 0.3) is 5.89 Å². The van der Waals surface area contributed by atoms with E-state index in [1.807, 2.05) is 18.2 Å². The lowest BCUT2D eigenvalue weighted by Crippen LogP contribution is -1.90. The number of pyridine rings is 1. The van der Waals surface area contributed by atoms with Gasteiger partial charge in [0.05, 0.1) is 4.83 Å². The van der Waals surface area contributed by atoms with Gasteiger partial charge in [0.15, 0.2) is 0 Å². The zero-order valence-corrected chi connectivity index (χ0v) is 11.9. The maximum Gasteiger partial charge on any atom is 0.266 e. The second kappa shape index (κ2) is 6.64. The predicted molar refractivity (Wildman–Crippen MR) is 73.3 cm³/mol. The van der Waals surface area contributed by atoms with Crippen molar-refractivity contribution in [3.8, 4) is 11.6 Å². The molecule has 0 N–H and O–H groups in total. The molecule has 0 saturated carbocycles. The van der Waals surface area contributed by atoms with Crippen LogP contribution in [-0.2, 0) is 0 Å². The normalized spacial score (nSPS) is 12.6. The molecule has 0 amide bonds. The third-order valence-corrected chi connectivity index (χ3v) is 3.50. The van der Waals surface area contributed by atoms with Crippen LogP contribution in [0.4, 0.5) is 0 Å². The Morgan fingerprint density at radius 3 is 2.89 bits per heavy atom. The Morgan fingerprint density at radius 2 is 2.17 bits per heavy atom. The Morgan fingerprint density at radius 1 is 1.28 bits per heavy atom. The number of hydrogen-bond acceptors (Lipinski definition) is 4. The molecule has 2 aromatic rings. The fourth-order valence-electron chi connectivity index (χ4n) is 1.65. The van der Waals surface area contributed by atoms with Crippen LogP contribution in [0.1, 0.15) is 43.3 Å².